The van der Waals surface area contributed by atoms with Crippen molar-refractivity contribution in [1.29, 1.82) is 0 Å². The van der Waals surface area contributed by atoms with Crippen molar-refractivity contribution in [2.75, 3.05) is 26.3 Å². The van der Waals surface area contributed by atoms with E-state index in [2.05, 4.69) is 17.6 Å². The van der Waals surface area contributed by atoms with Crippen LogP contribution in [0.25, 0.3) is 0 Å². The maximum atomic E-state index is 13.2. The lowest BCUT2D eigenvalue weighted by Crippen LogP contribution is -2.60. The molecule has 0 aromatic heterocycles. The third-order valence-corrected chi connectivity index (χ3v) is 7.89. The summed E-state index contributed by atoms with van der Waals surface area (Å²) in [5, 5.41) is 5.61. The highest BCUT2D eigenvalue weighted by Crippen LogP contribution is 2.19. The number of hydrogen-bond acceptors (Lipinski definition) is 6. The second kappa shape index (κ2) is 19.7. The highest BCUT2D eigenvalue weighted by Gasteiger charge is 2.34. The lowest BCUT2D eigenvalue weighted by atomic mass is 10.1. The first kappa shape index (κ1) is 34.0. The van der Waals surface area contributed by atoms with Crippen LogP contribution in [0, 0.1) is 0 Å². The molecule has 9 heteroatoms. The Balaban J connectivity index is 1.42. The van der Waals surface area contributed by atoms with Gasteiger partial charge in [0.15, 0.2) is 5.11 Å². The summed E-state index contributed by atoms with van der Waals surface area (Å²) < 4.78 is 11.4. The van der Waals surface area contributed by atoms with E-state index in [0.29, 0.717) is 44.0 Å². The number of hydrogen-bond donors (Lipinski definition) is 2. The number of carbonyl (C=O) groups is 3. The zero-order valence-corrected chi connectivity index (χ0v) is 26.3. The van der Waals surface area contributed by atoms with Crippen LogP contribution in [0.3, 0.4) is 0 Å². The topological polar surface area (TPSA) is 97.0 Å². The summed E-state index contributed by atoms with van der Waals surface area (Å²) in [5.74, 6) is -0.756. The summed E-state index contributed by atoms with van der Waals surface area (Å²) in [6.07, 6.45) is 12.6. The van der Waals surface area contributed by atoms with Crippen molar-refractivity contribution in [2.24, 2.45) is 0 Å². The average molecular weight is 610 g/mol. The van der Waals surface area contributed by atoms with Gasteiger partial charge in [0, 0.05) is 19.5 Å². The van der Waals surface area contributed by atoms with E-state index in [1.54, 1.807) is 29.2 Å². The number of nitrogens with zero attached hydrogens (tertiary/aromatic N) is 1. The van der Waals surface area contributed by atoms with Crippen LogP contribution in [0.15, 0.2) is 54.6 Å². The van der Waals surface area contributed by atoms with E-state index in [-0.39, 0.29) is 17.4 Å². The fourth-order valence-corrected chi connectivity index (χ4v) is 5.40. The quantitative estimate of drug-likeness (QED) is 0.122. The molecular weight excluding hydrogens is 562 g/mol. The summed E-state index contributed by atoms with van der Waals surface area (Å²) in [6, 6.07) is 16.1. The van der Waals surface area contributed by atoms with E-state index >= 15 is 0 Å². The first-order chi connectivity index (χ1) is 21.0. The number of unbranched alkanes of at least 4 members (excludes halogenated alkanes) is 9. The van der Waals surface area contributed by atoms with E-state index in [1.165, 1.54) is 44.9 Å². The Labute approximate surface area is 261 Å². The summed E-state index contributed by atoms with van der Waals surface area (Å²) in [4.78, 5) is 40.1. The molecule has 2 amide bonds. The Kier molecular flexibility index (Phi) is 15.6. The number of nitrogens with one attached hydrogen (secondary N) is 2. The number of benzene rings is 2. The summed E-state index contributed by atoms with van der Waals surface area (Å²) in [6.45, 7) is 3.71. The van der Waals surface area contributed by atoms with Crippen molar-refractivity contribution < 1.29 is 23.9 Å². The van der Waals surface area contributed by atoms with Crippen LogP contribution in [-0.4, -0.2) is 60.1 Å². The molecule has 43 heavy (non-hydrogen) atoms. The number of thiocarbonyl (C=S) groups is 1. The highest BCUT2D eigenvalue weighted by atomic mass is 32.1. The van der Waals surface area contributed by atoms with Crippen molar-refractivity contribution in [3.8, 4) is 5.75 Å². The molecule has 2 aromatic rings. The minimum absolute atomic E-state index is 0.0893. The first-order valence-electron chi connectivity index (χ1n) is 15.8. The lowest BCUT2D eigenvalue weighted by Gasteiger charge is -2.36. The van der Waals surface area contributed by atoms with Gasteiger partial charge in [-0.3, -0.25) is 19.7 Å². The van der Waals surface area contributed by atoms with Crippen LogP contribution in [0.4, 0.5) is 0 Å². The predicted molar refractivity (Wildman–Crippen MR) is 173 cm³/mol. The van der Waals surface area contributed by atoms with Crippen molar-refractivity contribution in [1.82, 2.24) is 15.5 Å². The van der Waals surface area contributed by atoms with E-state index in [4.69, 9.17) is 21.7 Å². The van der Waals surface area contributed by atoms with Crippen LogP contribution >= 0.6 is 12.2 Å². The third-order valence-electron chi connectivity index (χ3n) is 7.56. The normalized spacial score (nSPS) is 14.6. The molecule has 1 heterocycles. The Morgan fingerprint density at radius 3 is 2.28 bits per heavy atom. The van der Waals surface area contributed by atoms with Crippen molar-refractivity contribution in [2.45, 2.75) is 90.0 Å². The first-order valence-corrected chi connectivity index (χ1v) is 16.2. The minimum Gasteiger partial charge on any atom is -0.492 e. The number of esters is 1. The molecule has 2 aromatic carbocycles. The summed E-state index contributed by atoms with van der Waals surface area (Å²) in [5.41, 5.74) is 1.48. The summed E-state index contributed by atoms with van der Waals surface area (Å²) in [7, 11) is 0. The third kappa shape index (κ3) is 12.4. The van der Waals surface area contributed by atoms with Crippen LogP contribution in [0.1, 0.15) is 93.5 Å². The van der Waals surface area contributed by atoms with Gasteiger partial charge < -0.3 is 19.7 Å². The van der Waals surface area contributed by atoms with Crippen molar-refractivity contribution in [3.63, 3.8) is 0 Å². The molecule has 0 spiro atoms. The van der Waals surface area contributed by atoms with Gasteiger partial charge in [0.25, 0.3) is 5.91 Å². The fraction of sp³-hybridized carbons (Fsp3) is 0.529. The van der Waals surface area contributed by atoms with Crippen LogP contribution < -0.4 is 15.4 Å². The standard InChI is InChI=1S/C34H47N3O5S/c1-2-3-4-5-6-7-8-9-10-16-24-42-31(38)26-29-33(40)35-22-23-37(29)34(43)36-32(39)28-19-14-15-20-30(28)41-25-21-27-17-12-11-13-18-27/h11-15,17-20,29H,2-10,16,21-26H2,1H3,(H,35,40)(H,36,39,43). The second-order valence-corrected chi connectivity index (χ2v) is 11.3. The lowest BCUT2D eigenvalue weighted by molar-refractivity contribution is -0.147. The van der Waals surface area contributed by atoms with Crippen molar-refractivity contribution in [3.05, 3.63) is 65.7 Å². The van der Waals surface area contributed by atoms with Gasteiger partial charge in [-0.1, -0.05) is 107 Å². The van der Waals surface area contributed by atoms with E-state index < -0.39 is 17.9 Å². The monoisotopic (exact) mass is 609 g/mol. The molecule has 1 saturated heterocycles. The Bertz CT molecular complexity index is 1160. The molecule has 8 nitrogen and oxygen atoms in total. The molecule has 1 atom stereocenters. The number of carbonyl (C=O) groups excluding carboxylic acids is 3. The Hall–Kier alpha value is -3.46. The molecule has 2 N–H and O–H groups in total. The SMILES string of the molecule is CCCCCCCCCCCCOC(=O)CC1C(=O)NCCN1C(=S)NC(=O)c1ccccc1OCCc1ccccc1. The van der Waals surface area contributed by atoms with Gasteiger partial charge in [-0.25, -0.2) is 0 Å². The molecule has 1 fully saturated rings. The van der Waals surface area contributed by atoms with Gasteiger partial charge in [0.1, 0.15) is 11.8 Å². The smallest absolute Gasteiger partial charge is 0.308 e. The molecule has 0 saturated carbocycles. The number of para-hydroxylation sites is 1. The fourth-order valence-electron chi connectivity index (χ4n) is 5.09. The van der Waals surface area contributed by atoms with Gasteiger partial charge in [-0.15, -0.1) is 0 Å². The molecule has 1 aliphatic rings. The molecule has 0 radical (unpaired) electrons. The Morgan fingerprint density at radius 1 is 0.907 bits per heavy atom. The number of piperazine rings is 1. The van der Waals surface area contributed by atoms with Gasteiger partial charge >= 0.3 is 5.97 Å². The maximum Gasteiger partial charge on any atom is 0.308 e. The van der Waals surface area contributed by atoms with Gasteiger partial charge in [0.2, 0.25) is 5.91 Å². The second-order valence-electron chi connectivity index (χ2n) is 10.9. The average Bonchev–Trinajstić information content (AvgIpc) is 3.01. The number of rotatable bonds is 18. The molecule has 1 unspecified atom stereocenters. The van der Waals surface area contributed by atoms with Crippen LogP contribution in [0.2, 0.25) is 0 Å². The van der Waals surface area contributed by atoms with Crippen LogP contribution in [0.5, 0.6) is 5.75 Å². The highest BCUT2D eigenvalue weighted by molar-refractivity contribution is 7.80. The largest absolute Gasteiger partial charge is 0.492 e. The van der Waals surface area contributed by atoms with Crippen molar-refractivity contribution >= 4 is 35.1 Å². The minimum atomic E-state index is -0.848. The van der Waals surface area contributed by atoms with Gasteiger partial charge in [-0.05, 0) is 36.3 Å². The van der Waals surface area contributed by atoms with Gasteiger partial charge in [-0.2, -0.15) is 0 Å². The molecule has 3 rings (SSSR count). The maximum absolute atomic E-state index is 13.2. The Morgan fingerprint density at radius 2 is 1.56 bits per heavy atom. The van der Waals surface area contributed by atoms with E-state index in [0.717, 1.165) is 24.8 Å². The number of amides is 2. The molecule has 234 valence electrons. The molecule has 0 bridgehead atoms. The molecular formula is C34H47N3O5S. The molecule has 0 aliphatic carbocycles. The van der Waals surface area contributed by atoms with Gasteiger partial charge in [0.05, 0.1) is 25.2 Å². The summed E-state index contributed by atoms with van der Waals surface area (Å²) >= 11 is 5.53. The number of ether oxygens (including phenoxy) is 2. The predicted octanol–water partition coefficient (Wildman–Crippen LogP) is 5.98. The zero-order valence-electron chi connectivity index (χ0n) is 25.5. The molecule has 1 aliphatic heterocycles. The van der Waals surface area contributed by atoms with Crippen LogP contribution in [-0.2, 0) is 20.7 Å². The van der Waals surface area contributed by atoms with E-state index in [1.807, 2.05) is 30.3 Å². The zero-order chi connectivity index (χ0) is 30.7. The van der Waals surface area contributed by atoms with E-state index in [9.17, 15) is 14.4 Å².